The normalized spacial score (nSPS) is 14.8. The second-order valence-corrected chi connectivity index (χ2v) is 6.34. The van der Waals surface area contributed by atoms with Gasteiger partial charge in [-0.3, -0.25) is 0 Å². The van der Waals surface area contributed by atoms with Gasteiger partial charge in [-0.15, -0.1) is 0 Å². The second-order valence-electron chi connectivity index (χ2n) is 5.53. The summed E-state index contributed by atoms with van der Waals surface area (Å²) in [6, 6.07) is 8.24. The Hall–Kier alpha value is -2.16. The molecule has 0 atom stereocenters. The Morgan fingerprint density at radius 2 is 2.04 bits per heavy atom. The SMILES string of the molecule is COC(=O)c1nc(-c2ccc(C3(C#N)CC3)cc2Cl)c(F)cc1Cl. The molecule has 0 saturated heterocycles. The number of rotatable bonds is 3. The number of esters is 1. The minimum atomic E-state index is -0.768. The molecule has 0 N–H and O–H groups in total. The molecule has 4 nitrogen and oxygen atoms in total. The number of halogens is 3. The quantitative estimate of drug-likeness (QED) is 0.750. The maximum atomic E-state index is 14.3. The van der Waals surface area contributed by atoms with Crippen LogP contribution in [0.5, 0.6) is 0 Å². The molecule has 1 aliphatic rings. The van der Waals surface area contributed by atoms with Gasteiger partial charge in [-0.1, -0.05) is 35.3 Å². The number of nitriles is 1. The lowest BCUT2D eigenvalue weighted by molar-refractivity contribution is 0.0594. The zero-order chi connectivity index (χ0) is 17.5. The van der Waals surface area contributed by atoms with E-state index in [9.17, 15) is 14.4 Å². The van der Waals surface area contributed by atoms with E-state index in [2.05, 4.69) is 15.8 Å². The predicted molar refractivity (Wildman–Crippen MR) is 87.5 cm³/mol. The van der Waals surface area contributed by atoms with Gasteiger partial charge in [0.25, 0.3) is 0 Å². The summed E-state index contributed by atoms with van der Waals surface area (Å²) in [5.74, 6) is -1.47. The first-order valence-corrected chi connectivity index (χ1v) is 7.83. The molecule has 1 heterocycles. The predicted octanol–water partition coefficient (Wildman–Crippen LogP) is 4.54. The lowest BCUT2D eigenvalue weighted by Gasteiger charge is -2.12. The van der Waals surface area contributed by atoms with E-state index < -0.39 is 17.2 Å². The summed E-state index contributed by atoms with van der Waals surface area (Å²) < 4.78 is 18.9. The topological polar surface area (TPSA) is 63.0 Å². The fourth-order valence-electron chi connectivity index (χ4n) is 2.49. The number of aromatic nitrogens is 1. The first-order valence-electron chi connectivity index (χ1n) is 7.08. The first kappa shape index (κ1) is 16.7. The van der Waals surface area contributed by atoms with Crippen molar-refractivity contribution in [3.63, 3.8) is 0 Å². The Morgan fingerprint density at radius 1 is 1.33 bits per heavy atom. The van der Waals surface area contributed by atoms with E-state index in [0.717, 1.165) is 24.5 Å². The maximum Gasteiger partial charge on any atom is 0.358 e. The van der Waals surface area contributed by atoms with Crippen LogP contribution in [0.2, 0.25) is 10.0 Å². The van der Waals surface area contributed by atoms with Crippen LogP contribution in [-0.4, -0.2) is 18.1 Å². The van der Waals surface area contributed by atoms with Crippen molar-refractivity contribution in [1.29, 1.82) is 5.26 Å². The second kappa shape index (κ2) is 6.04. The summed E-state index contributed by atoms with van der Waals surface area (Å²) in [6.45, 7) is 0. The molecule has 1 fully saturated rings. The van der Waals surface area contributed by atoms with Gasteiger partial charge < -0.3 is 4.74 Å². The molecular formula is C17H11Cl2FN2O2. The molecule has 3 rings (SSSR count). The van der Waals surface area contributed by atoms with E-state index in [-0.39, 0.29) is 21.4 Å². The minimum Gasteiger partial charge on any atom is -0.464 e. The molecule has 1 aliphatic carbocycles. The molecular weight excluding hydrogens is 354 g/mol. The van der Waals surface area contributed by atoms with Crippen LogP contribution >= 0.6 is 23.2 Å². The number of carbonyl (C=O) groups is 1. The third-order valence-corrected chi connectivity index (χ3v) is 4.65. The average Bonchev–Trinajstić information content (AvgIpc) is 3.36. The molecule has 0 aliphatic heterocycles. The van der Waals surface area contributed by atoms with E-state index in [1.807, 2.05) is 0 Å². The highest BCUT2D eigenvalue weighted by molar-refractivity contribution is 6.34. The van der Waals surface area contributed by atoms with Crippen molar-refractivity contribution in [2.75, 3.05) is 7.11 Å². The van der Waals surface area contributed by atoms with Gasteiger partial charge in [0, 0.05) is 5.56 Å². The number of pyridine rings is 1. The van der Waals surface area contributed by atoms with E-state index in [0.29, 0.717) is 5.56 Å². The number of ether oxygens (including phenoxy) is 1. The smallest absolute Gasteiger partial charge is 0.358 e. The Kier molecular flexibility index (Phi) is 4.20. The molecule has 0 radical (unpaired) electrons. The molecule has 0 unspecified atom stereocenters. The van der Waals surface area contributed by atoms with Crippen molar-refractivity contribution in [1.82, 2.24) is 4.98 Å². The summed E-state index contributed by atoms with van der Waals surface area (Å²) >= 11 is 12.1. The van der Waals surface area contributed by atoms with Crippen LogP contribution in [0.15, 0.2) is 24.3 Å². The summed E-state index contributed by atoms with van der Waals surface area (Å²) in [5.41, 5.74) is 0.324. The average molecular weight is 365 g/mol. The van der Waals surface area contributed by atoms with E-state index in [4.69, 9.17) is 23.2 Å². The van der Waals surface area contributed by atoms with Gasteiger partial charge in [0.2, 0.25) is 0 Å². The molecule has 1 aromatic carbocycles. The van der Waals surface area contributed by atoms with Gasteiger partial charge in [0.15, 0.2) is 11.5 Å². The summed E-state index contributed by atoms with van der Waals surface area (Å²) in [5, 5.41) is 9.36. The number of carbonyl (C=O) groups excluding carboxylic acids is 1. The van der Waals surface area contributed by atoms with Gasteiger partial charge >= 0.3 is 5.97 Å². The van der Waals surface area contributed by atoms with Gasteiger partial charge in [-0.05, 0) is 30.5 Å². The molecule has 1 aromatic heterocycles. The summed E-state index contributed by atoms with van der Waals surface area (Å²) in [4.78, 5) is 15.7. The Labute approximate surface area is 147 Å². The fraction of sp³-hybridized carbons (Fsp3) is 0.235. The van der Waals surface area contributed by atoms with Crippen LogP contribution in [0, 0.1) is 17.1 Å². The molecule has 0 spiro atoms. The highest BCUT2D eigenvalue weighted by Gasteiger charge is 2.45. The number of methoxy groups -OCH3 is 1. The monoisotopic (exact) mass is 364 g/mol. The van der Waals surface area contributed by atoms with Crippen molar-refractivity contribution in [3.8, 4) is 17.3 Å². The van der Waals surface area contributed by atoms with Crippen molar-refractivity contribution in [3.05, 3.63) is 51.4 Å². The Morgan fingerprint density at radius 3 is 2.58 bits per heavy atom. The zero-order valence-electron chi connectivity index (χ0n) is 12.6. The van der Waals surface area contributed by atoms with Crippen LogP contribution in [0.3, 0.4) is 0 Å². The van der Waals surface area contributed by atoms with Gasteiger partial charge in [-0.2, -0.15) is 5.26 Å². The Bertz CT molecular complexity index is 889. The molecule has 0 bridgehead atoms. The third-order valence-electron chi connectivity index (χ3n) is 4.05. The number of hydrogen-bond donors (Lipinski definition) is 0. The molecule has 7 heteroatoms. The third kappa shape index (κ3) is 2.72. The van der Waals surface area contributed by atoms with Crippen molar-refractivity contribution < 1.29 is 13.9 Å². The fourth-order valence-corrected chi connectivity index (χ4v) is 2.98. The van der Waals surface area contributed by atoms with Crippen LogP contribution in [0.4, 0.5) is 4.39 Å². The molecule has 2 aromatic rings. The van der Waals surface area contributed by atoms with Crippen LogP contribution in [0.1, 0.15) is 28.9 Å². The van der Waals surface area contributed by atoms with Crippen molar-refractivity contribution >= 4 is 29.2 Å². The van der Waals surface area contributed by atoms with Crippen LogP contribution in [0.25, 0.3) is 11.3 Å². The first-order chi connectivity index (χ1) is 11.4. The number of hydrogen-bond acceptors (Lipinski definition) is 4. The number of nitrogens with zero attached hydrogens (tertiary/aromatic N) is 2. The summed E-state index contributed by atoms with van der Waals surface area (Å²) in [6.07, 6.45) is 1.55. The summed E-state index contributed by atoms with van der Waals surface area (Å²) in [7, 11) is 1.18. The highest BCUT2D eigenvalue weighted by Crippen LogP contribution is 2.48. The number of benzene rings is 1. The van der Waals surface area contributed by atoms with Crippen molar-refractivity contribution in [2.24, 2.45) is 0 Å². The lowest BCUT2D eigenvalue weighted by Crippen LogP contribution is -2.08. The van der Waals surface area contributed by atoms with Gasteiger partial charge in [-0.25, -0.2) is 14.2 Å². The largest absolute Gasteiger partial charge is 0.464 e. The highest BCUT2D eigenvalue weighted by atomic mass is 35.5. The Balaban J connectivity index is 2.09. The molecule has 122 valence electrons. The van der Waals surface area contributed by atoms with E-state index >= 15 is 0 Å². The molecule has 24 heavy (non-hydrogen) atoms. The van der Waals surface area contributed by atoms with E-state index in [1.54, 1.807) is 18.2 Å². The zero-order valence-corrected chi connectivity index (χ0v) is 14.1. The maximum absolute atomic E-state index is 14.3. The minimum absolute atomic E-state index is 0.0989. The van der Waals surface area contributed by atoms with Gasteiger partial charge in [0.1, 0.15) is 5.69 Å². The van der Waals surface area contributed by atoms with Crippen molar-refractivity contribution in [2.45, 2.75) is 18.3 Å². The van der Waals surface area contributed by atoms with Gasteiger partial charge in [0.05, 0.1) is 28.6 Å². The lowest BCUT2D eigenvalue weighted by atomic mass is 9.96. The molecule has 1 saturated carbocycles. The van der Waals surface area contributed by atoms with E-state index in [1.165, 1.54) is 7.11 Å². The van der Waals surface area contributed by atoms with Crippen LogP contribution in [-0.2, 0) is 10.2 Å². The standard InChI is InChI=1S/C17H11Cl2FN2O2/c1-24-16(23)15-12(19)7-13(20)14(22-15)10-3-2-9(6-11(10)18)17(8-21)4-5-17/h2-3,6-7H,4-5H2,1H3. The van der Waals surface area contributed by atoms with Crippen LogP contribution < -0.4 is 0 Å². The molecule has 0 amide bonds.